The van der Waals surface area contributed by atoms with Gasteiger partial charge in [0.2, 0.25) is 5.91 Å². The topological polar surface area (TPSA) is 41.1 Å². The Morgan fingerprint density at radius 3 is 2.71 bits per heavy atom. The Morgan fingerprint density at radius 2 is 2.06 bits per heavy atom. The molecule has 0 fully saturated rings. The minimum absolute atomic E-state index is 0.0838. The molecule has 1 amide bonds. The molecule has 17 heavy (non-hydrogen) atoms. The maximum Gasteiger partial charge on any atom is 0.238 e. The summed E-state index contributed by atoms with van der Waals surface area (Å²) in [6, 6.07) is 5.01. The highest BCUT2D eigenvalue weighted by Crippen LogP contribution is 2.24. The second-order valence-corrected chi connectivity index (χ2v) is 4.52. The van der Waals surface area contributed by atoms with E-state index in [2.05, 4.69) is 17.6 Å². The summed E-state index contributed by atoms with van der Waals surface area (Å²) in [6.45, 7) is 3.27. The first kappa shape index (κ1) is 14.3. The van der Waals surface area contributed by atoms with Crippen LogP contribution in [-0.2, 0) is 4.79 Å². The van der Waals surface area contributed by atoms with Crippen molar-refractivity contribution in [2.24, 2.45) is 0 Å². The summed E-state index contributed by atoms with van der Waals surface area (Å²) in [7, 11) is 0. The van der Waals surface area contributed by atoms with Gasteiger partial charge in [0, 0.05) is 5.69 Å². The van der Waals surface area contributed by atoms with E-state index in [-0.39, 0.29) is 5.91 Å². The standard InChI is InChI=1S/C12H16Cl2N2O/c1-2-3-6-15-8-12(17)16-9-4-5-10(13)11(14)7-9/h4-5,7,15H,2-3,6,8H2,1H3,(H,16,17). The molecule has 94 valence electrons. The summed E-state index contributed by atoms with van der Waals surface area (Å²) < 4.78 is 0. The van der Waals surface area contributed by atoms with E-state index in [1.807, 2.05) is 0 Å². The molecule has 0 aromatic heterocycles. The summed E-state index contributed by atoms with van der Waals surface area (Å²) >= 11 is 11.6. The SMILES string of the molecule is CCCCNCC(=O)Nc1ccc(Cl)c(Cl)c1. The van der Waals surface area contributed by atoms with Crippen molar-refractivity contribution >= 4 is 34.8 Å². The number of rotatable bonds is 6. The molecule has 0 saturated carbocycles. The average molecular weight is 275 g/mol. The average Bonchev–Trinajstić information content (AvgIpc) is 2.30. The highest BCUT2D eigenvalue weighted by atomic mass is 35.5. The number of halogens is 2. The van der Waals surface area contributed by atoms with Crippen LogP contribution < -0.4 is 10.6 Å². The van der Waals surface area contributed by atoms with Crippen LogP contribution in [0.1, 0.15) is 19.8 Å². The molecule has 0 spiro atoms. The Bertz CT molecular complexity index is 383. The number of carbonyl (C=O) groups excluding carboxylic acids is 1. The van der Waals surface area contributed by atoms with Gasteiger partial charge in [-0.05, 0) is 31.2 Å². The molecule has 5 heteroatoms. The molecule has 0 heterocycles. The van der Waals surface area contributed by atoms with Gasteiger partial charge in [-0.3, -0.25) is 4.79 Å². The second-order valence-electron chi connectivity index (χ2n) is 3.71. The first-order chi connectivity index (χ1) is 8.13. The van der Waals surface area contributed by atoms with E-state index in [4.69, 9.17) is 23.2 Å². The Hall–Kier alpha value is -0.770. The van der Waals surface area contributed by atoms with Crippen molar-refractivity contribution in [1.82, 2.24) is 5.32 Å². The monoisotopic (exact) mass is 274 g/mol. The van der Waals surface area contributed by atoms with Crippen molar-refractivity contribution in [2.45, 2.75) is 19.8 Å². The maximum atomic E-state index is 11.5. The molecule has 1 aromatic carbocycles. The Kier molecular flexibility index (Phi) is 6.34. The number of hydrogen-bond acceptors (Lipinski definition) is 2. The number of nitrogens with one attached hydrogen (secondary N) is 2. The molecule has 2 N–H and O–H groups in total. The number of amides is 1. The Balaban J connectivity index is 2.37. The first-order valence-corrected chi connectivity index (χ1v) is 6.34. The largest absolute Gasteiger partial charge is 0.325 e. The molecule has 0 saturated heterocycles. The van der Waals surface area contributed by atoms with Gasteiger partial charge in [0.25, 0.3) is 0 Å². The zero-order valence-electron chi connectivity index (χ0n) is 9.72. The van der Waals surface area contributed by atoms with E-state index in [0.717, 1.165) is 19.4 Å². The van der Waals surface area contributed by atoms with E-state index >= 15 is 0 Å². The molecule has 3 nitrogen and oxygen atoms in total. The molecular weight excluding hydrogens is 259 g/mol. The first-order valence-electron chi connectivity index (χ1n) is 5.59. The highest BCUT2D eigenvalue weighted by Gasteiger charge is 2.03. The fourth-order valence-corrected chi connectivity index (χ4v) is 1.58. The Morgan fingerprint density at radius 1 is 1.29 bits per heavy atom. The van der Waals surface area contributed by atoms with E-state index in [9.17, 15) is 4.79 Å². The summed E-state index contributed by atoms with van der Waals surface area (Å²) in [5.41, 5.74) is 0.654. The van der Waals surface area contributed by atoms with E-state index in [0.29, 0.717) is 22.3 Å². The van der Waals surface area contributed by atoms with Gasteiger partial charge >= 0.3 is 0 Å². The lowest BCUT2D eigenvalue weighted by molar-refractivity contribution is -0.115. The number of anilines is 1. The van der Waals surface area contributed by atoms with Crippen LogP contribution >= 0.6 is 23.2 Å². The van der Waals surface area contributed by atoms with Crippen LogP contribution in [0.25, 0.3) is 0 Å². The van der Waals surface area contributed by atoms with Crippen LogP contribution in [0.3, 0.4) is 0 Å². The fourth-order valence-electron chi connectivity index (χ4n) is 1.28. The van der Waals surface area contributed by atoms with Gasteiger partial charge < -0.3 is 10.6 Å². The second kappa shape index (κ2) is 7.54. The minimum atomic E-state index is -0.0838. The predicted molar refractivity (Wildman–Crippen MR) is 72.9 cm³/mol. The summed E-state index contributed by atoms with van der Waals surface area (Å²) in [5, 5.41) is 6.71. The quantitative estimate of drug-likeness (QED) is 0.782. The molecule has 0 radical (unpaired) electrons. The third kappa shape index (κ3) is 5.39. The molecular formula is C12H16Cl2N2O. The zero-order valence-corrected chi connectivity index (χ0v) is 11.2. The van der Waals surface area contributed by atoms with Gasteiger partial charge in [-0.1, -0.05) is 36.5 Å². The lowest BCUT2D eigenvalue weighted by Crippen LogP contribution is -2.28. The van der Waals surface area contributed by atoms with Gasteiger partial charge in [-0.15, -0.1) is 0 Å². The van der Waals surface area contributed by atoms with E-state index in [1.54, 1.807) is 18.2 Å². The number of benzene rings is 1. The van der Waals surface area contributed by atoms with Crippen molar-refractivity contribution in [3.8, 4) is 0 Å². The molecule has 1 aromatic rings. The molecule has 1 rings (SSSR count). The summed E-state index contributed by atoms with van der Waals surface area (Å²) in [5.74, 6) is -0.0838. The van der Waals surface area contributed by atoms with E-state index < -0.39 is 0 Å². The van der Waals surface area contributed by atoms with Crippen LogP contribution in [0.2, 0.25) is 10.0 Å². The van der Waals surface area contributed by atoms with Crippen LogP contribution in [0.15, 0.2) is 18.2 Å². The highest BCUT2D eigenvalue weighted by molar-refractivity contribution is 6.42. The van der Waals surface area contributed by atoms with Crippen molar-refractivity contribution in [3.05, 3.63) is 28.2 Å². The molecule has 0 atom stereocenters. The van der Waals surface area contributed by atoms with Crippen LogP contribution in [-0.4, -0.2) is 19.0 Å². The van der Waals surface area contributed by atoms with E-state index in [1.165, 1.54) is 0 Å². The van der Waals surface area contributed by atoms with Crippen LogP contribution in [0.5, 0.6) is 0 Å². The van der Waals surface area contributed by atoms with Crippen molar-refractivity contribution in [1.29, 1.82) is 0 Å². The van der Waals surface area contributed by atoms with Crippen LogP contribution in [0, 0.1) is 0 Å². The van der Waals surface area contributed by atoms with Crippen molar-refractivity contribution in [3.63, 3.8) is 0 Å². The summed E-state index contributed by atoms with van der Waals surface area (Å²) in [4.78, 5) is 11.5. The third-order valence-electron chi connectivity index (χ3n) is 2.20. The smallest absolute Gasteiger partial charge is 0.238 e. The van der Waals surface area contributed by atoms with Gasteiger partial charge in [-0.25, -0.2) is 0 Å². The van der Waals surface area contributed by atoms with Crippen molar-refractivity contribution in [2.75, 3.05) is 18.4 Å². The normalized spacial score (nSPS) is 10.3. The van der Waals surface area contributed by atoms with Crippen molar-refractivity contribution < 1.29 is 4.79 Å². The van der Waals surface area contributed by atoms with Gasteiger partial charge in [0.05, 0.1) is 16.6 Å². The number of hydrogen-bond donors (Lipinski definition) is 2. The molecule has 0 unspecified atom stereocenters. The number of unbranched alkanes of at least 4 members (excludes halogenated alkanes) is 1. The zero-order chi connectivity index (χ0) is 12.7. The van der Waals surface area contributed by atoms with Gasteiger partial charge in [0.1, 0.15) is 0 Å². The molecule has 0 aliphatic rings. The molecule has 0 aliphatic heterocycles. The molecule has 0 aliphatic carbocycles. The van der Waals surface area contributed by atoms with Crippen LogP contribution in [0.4, 0.5) is 5.69 Å². The lowest BCUT2D eigenvalue weighted by Gasteiger charge is -2.07. The Labute approximate surface area is 111 Å². The maximum absolute atomic E-state index is 11.5. The van der Waals surface area contributed by atoms with Gasteiger partial charge in [-0.2, -0.15) is 0 Å². The lowest BCUT2D eigenvalue weighted by atomic mass is 10.3. The minimum Gasteiger partial charge on any atom is -0.325 e. The van der Waals surface area contributed by atoms with Gasteiger partial charge in [0.15, 0.2) is 0 Å². The third-order valence-corrected chi connectivity index (χ3v) is 2.94. The summed E-state index contributed by atoms with van der Waals surface area (Å²) in [6.07, 6.45) is 2.18. The fraction of sp³-hybridized carbons (Fsp3) is 0.417. The molecule has 0 bridgehead atoms. The number of carbonyl (C=O) groups is 1. The predicted octanol–water partition coefficient (Wildman–Crippen LogP) is 3.32.